The van der Waals surface area contributed by atoms with Gasteiger partial charge in [-0.25, -0.2) is 0 Å². The van der Waals surface area contributed by atoms with Gasteiger partial charge in [-0.15, -0.1) is 11.8 Å². The van der Waals surface area contributed by atoms with Crippen molar-refractivity contribution in [2.45, 2.75) is 31.0 Å². The molecular formula is C18H20N2S. The number of benzene rings is 2. The SMILES string of the molecule is CCNCc1cccc(SCc2ccc(C#N)cc2C)c1. The third kappa shape index (κ3) is 4.63. The summed E-state index contributed by atoms with van der Waals surface area (Å²) in [6, 6.07) is 16.7. The Kier molecular flexibility index (Phi) is 5.86. The molecule has 0 spiro atoms. The van der Waals surface area contributed by atoms with Crippen LogP contribution in [-0.2, 0) is 12.3 Å². The molecule has 2 aromatic carbocycles. The van der Waals surface area contributed by atoms with Gasteiger partial charge in [0, 0.05) is 17.2 Å². The van der Waals surface area contributed by atoms with Gasteiger partial charge in [0.15, 0.2) is 0 Å². The maximum absolute atomic E-state index is 8.90. The Balaban J connectivity index is 2.01. The maximum Gasteiger partial charge on any atom is 0.0991 e. The van der Waals surface area contributed by atoms with E-state index in [0.717, 1.165) is 24.4 Å². The monoisotopic (exact) mass is 296 g/mol. The van der Waals surface area contributed by atoms with E-state index in [1.54, 1.807) is 0 Å². The molecule has 0 aliphatic carbocycles. The molecule has 0 atom stereocenters. The van der Waals surface area contributed by atoms with E-state index < -0.39 is 0 Å². The van der Waals surface area contributed by atoms with Crippen molar-refractivity contribution in [3.63, 3.8) is 0 Å². The average molecular weight is 296 g/mol. The van der Waals surface area contributed by atoms with Crippen molar-refractivity contribution in [1.29, 1.82) is 5.26 Å². The van der Waals surface area contributed by atoms with Crippen molar-refractivity contribution in [3.8, 4) is 6.07 Å². The van der Waals surface area contributed by atoms with Crippen LogP contribution in [-0.4, -0.2) is 6.54 Å². The highest BCUT2D eigenvalue weighted by molar-refractivity contribution is 7.98. The molecule has 0 unspecified atom stereocenters. The first kappa shape index (κ1) is 15.6. The molecule has 2 nitrogen and oxygen atoms in total. The highest BCUT2D eigenvalue weighted by atomic mass is 32.2. The van der Waals surface area contributed by atoms with Gasteiger partial charge in [0.05, 0.1) is 11.6 Å². The first-order valence-corrected chi connectivity index (χ1v) is 8.13. The standard InChI is InChI=1S/C18H20N2S/c1-3-20-12-16-5-4-6-18(10-16)21-13-17-8-7-15(11-19)9-14(17)2/h4-10,20H,3,12-13H2,1-2H3. The summed E-state index contributed by atoms with van der Waals surface area (Å²) < 4.78 is 0. The van der Waals surface area contributed by atoms with Crippen molar-refractivity contribution in [1.82, 2.24) is 5.32 Å². The summed E-state index contributed by atoms with van der Waals surface area (Å²) in [4.78, 5) is 1.29. The van der Waals surface area contributed by atoms with E-state index in [1.165, 1.54) is 21.6 Å². The van der Waals surface area contributed by atoms with Gasteiger partial charge in [-0.2, -0.15) is 5.26 Å². The van der Waals surface area contributed by atoms with Crippen LogP contribution in [0.4, 0.5) is 0 Å². The van der Waals surface area contributed by atoms with Crippen molar-refractivity contribution in [2.75, 3.05) is 6.54 Å². The van der Waals surface area contributed by atoms with Crippen LogP contribution in [0.2, 0.25) is 0 Å². The molecule has 0 heterocycles. The van der Waals surface area contributed by atoms with Crippen molar-refractivity contribution in [2.24, 2.45) is 0 Å². The van der Waals surface area contributed by atoms with Crippen molar-refractivity contribution in [3.05, 3.63) is 64.7 Å². The largest absolute Gasteiger partial charge is 0.313 e. The zero-order valence-corrected chi connectivity index (χ0v) is 13.3. The van der Waals surface area contributed by atoms with Crippen molar-refractivity contribution >= 4 is 11.8 Å². The summed E-state index contributed by atoms with van der Waals surface area (Å²) in [5.74, 6) is 0.933. The van der Waals surface area contributed by atoms with Crippen LogP contribution in [0.5, 0.6) is 0 Å². The van der Waals surface area contributed by atoms with Gasteiger partial charge < -0.3 is 5.32 Å². The van der Waals surface area contributed by atoms with Crippen LogP contribution in [0.1, 0.15) is 29.2 Å². The van der Waals surface area contributed by atoms with E-state index in [1.807, 2.05) is 23.9 Å². The summed E-state index contributed by atoms with van der Waals surface area (Å²) in [5, 5.41) is 12.2. The Labute approximate surface area is 131 Å². The molecular weight excluding hydrogens is 276 g/mol. The van der Waals surface area contributed by atoms with Crippen LogP contribution in [0.3, 0.4) is 0 Å². The molecule has 2 rings (SSSR count). The van der Waals surface area contributed by atoms with E-state index in [0.29, 0.717) is 0 Å². The van der Waals surface area contributed by atoms with Crippen LogP contribution in [0, 0.1) is 18.3 Å². The fraction of sp³-hybridized carbons (Fsp3) is 0.278. The molecule has 0 aliphatic rings. The first-order chi connectivity index (χ1) is 10.2. The van der Waals surface area contributed by atoms with Gasteiger partial charge in [0.25, 0.3) is 0 Å². The Morgan fingerprint density at radius 1 is 1.19 bits per heavy atom. The lowest BCUT2D eigenvalue weighted by Crippen LogP contribution is -2.11. The lowest BCUT2D eigenvalue weighted by Gasteiger charge is -2.08. The molecule has 0 saturated heterocycles. The minimum absolute atomic E-state index is 0.730. The summed E-state index contributed by atoms with van der Waals surface area (Å²) in [7, 11) is 0. The van der Waals surface area contributed by atoms with E-state index >= 15 is 0 Å². The summed E-state index contributed by atoms with van der Waals surface area (Å²) >= 11 is 1.84. The van der Waals surface area contributed by atoms with Gasteiger partial charge in [-0.05, 0) is 54.4 Å². The van der Waals surface area contributed by atoms with Gasteiger partial charge in [-0.3, -0.25) is 0 Å². The van der Waals surface area contributed by atoms with E-state index in [4.69, 9.17) is 5.26 Å². The third-order valence-electron chi connectivity index (χ3n) is 3.34. The Morgan fingerprint density at radius 3 is 2.76 bits per heavy atom. The summed E-state index contributed by atoms with van der Waals surface area (Å²) in [5.41, 5.74) is 4.52. The average Bonchev–Trinajstić information content (AvgIpc) is 2.52. The predicted molar refractivity (Wildman–Crippen MR) is 89.3 cm³/mol. The van der Waals surface area contributed by atoms with E-state index in [2.05, 4.69) is 55.6 Å². The molecule has 0 fully saturated rings. The minimum atomic E-state index is 0.730. The molecule has 21 heavy (non-hydrogen) atoms. The second-order valence-electron chi connectivity index (χ2n) is 4.97. The van der Waals surface area contributed by atoms with Crippen LogP contribution in [0.15, 0.2) is 47.4 Å². The molecule has 0 aromatic heterocycles. The molecule has 0 radical (unpaired) electrons. The maximum atomic E-state index is 8.90. The first-order valence-electron chi connectivity index (χ1n) is 7.15. The second-order valence-corrected chi connectivity index (χ2v) is 6.02. The van der Waals surface area contributed by atoms with Crippen LogP contribution < -0.4 is 5.32 Å². The molecule has 108 valence electrons. The number of hydrogen-bond donors (Lipinski definition) is 1. The normalized spacial score (nSPS) is 10.3. The van der Waals surface area contributed by atoms with Crippen molar-refractivity contribution < 1.29 is 0 Å². The Morgan fingerprint density at radius 2 is 2.05 bits per heavy atom. The van der Waals surface area contributed by atoms with Gasteiger partial charge in [0.2, 0.25) is 0 Å². The Bertz CT molecular complexity index is 644. The summed E-state index contributed by atoms with van der Waals surface area (Å²) in [6.07, 6.45) is 0. The molecule has 0 amide bonds. The number of nitrogens with zero attached hydrogens (tertiary/aromatic N) is 1. The second kappa shape index (κ2) is 7.87. The lowest BCUT2D eigenvalue weighted by atomic mass is 10.1. The van der Waals surface area contributed by atoms with Gasteiger partial charge >= 0.3 is 0 Å². The fourth-order valence-electron chi connectivity index (χ4n) is 2.10. The third-order valence-corrected chi connectivity index (χ3v) is 4.39. The molecule has 3 heteroatoms. The fourth-order valence-corrected chi connectivity index (χ4v) is 3.16. The van der Waals surface area contributed by atoms with Crippen LogP contribution in [0.25, 0.3) is 0 Å². The number of nitriles is 1. The molecule has 1 N–H and O–H groups in total. The smallest absolute Gasteiger partial charge is 0.0991 e. The molecule has 0 bridgehead atoms. The predicted octanol–water partition coefficient (Wildman–Crippen LogP) is 4.27. The number of hydrogen-bond acceptors (Lipinski definition) is 3. The zero-order valence-electron chi connectivity index (χ0n) is 12.5. The number of thioether (sulfide) groups is 1. The quantitative estimate of drug-likeness (QED) is 0.809. The minimum Gasteiger partial charge on any atom is -0.313 e. The van der Waals surface area contributed by atoms with Crippen LogP contribution >= 0.6 is 11.8 Å². The topological polar surface area (TPSA) is 35.8 Å². The molecule has 0 aliphatic heterocycles. The number of rotatable bonds is 6. The van der Waals surface area contributed by atoms with E-state index in [-0.39, 0.29) is 0 Å². The molecule has 2 aromatic rings. The lowest BCUT2D eigenvalue weighted by molar-refractivity contribution is 0.725. The zero-order chi connectivity index (χ0) is 15.1. The van der Waals surface area contributed by atoms with E-state index in [9.17, 15) is 0 Å². The van der Waals surface area contributed by atoms with Gasteiger partial charge in [-0.1, -0.05) is 25.1 Å². The summed E-state index contributed by atoms with van der Waals surface area (Å²) in [6.45, 7) is 6.09. The highest BCUT2D eigenvalue weighted by Crippen LogP contribution is 2.25. The Hall–Kier alpha value is -1.76. The van der Waals surface area contributed by atoms with Gasteiger partial charge in [0.1, 0.15) is 0 Å². The molecule has 0 saturated carbocycles. The number of aryl methyl sites for hydroxylation is 1. The number of nitrogens with one attached hydrogen (secondary N) is 1. The highest BCUT2D eigenvalue weighted by Gasteiger charge is 2.02.